The van der Waals surface area contributed by atoms with E-state index in [1.54, 1.807) is 0 Å². The van der Waals surface area contributed by atoms with E-state index < -0.39 is 22.5 Å². The Labute approximate surface area is 64.0 Å². The van der Waals surface area contributed by atoms with Crippen molar-refractivity contribution in [2.45, 2.75) is 12.6 Å². The molecule has 5 heteroatoms. The van der Waals surface area contributed by atoms with Crippen molar-refractivity contribution >= 4 is 10.8 Å². The van der Waals surface area contributed by atoms with E-state index in [4.69, 9.17) is 0 Å². The molecule has 0 aliphatic carbocycles. The van der Waals surface area contributed by atoms with Gasteiger partial charge in [0.05, 0.1) is 10.8 Å². The molecule has 1 aliphatic heterocycles. The highest BCUT2D eigenvalue weighted by Gasteiger charge is 2.33. The van der Waals surface area contributed by atoms with E-state index in [-0.39, 0.29) is 6.42 Å². The lowest BCUT2D eigenvalue weighted by molar-refractivity contribution is -0.0927. The molecule has 1 heterocycles. The van der Waals surface area contributed by atoms with Crippen molar-refractivity contribution < 1.29 is 17.4 Å². The molecule has 1 unspecified atom stereocenters. The third-order valence-corrected chi connectivity index (χ3v) is 2.17. The largest absolute Gasteiger partial charge is 0.413 e. The number of rotatable bonds is 0. The van der Waals surface area contributed by atoms with Crippen LogP contribution in [0.5, 0.6) is 0 Å². The number of hydrogen-bond donors (Lipinski definition) is 0. The van der Waals surface area contributed by atoms with Gasteiger partial charge in [-0.05, 0) is 6.42 Å². The van der Waals surface area contributed by atoms with Gasteiger partial charge in [-0.3, -0.25) is 4.21 Å². The lowest BCUT2D eigenvalue weighted by atomic mass is 10.2. The third-order valence-electron chi connectivity index (χ3n) is 1.19. The quantitative estimate of drug-likeness (QED) is 0.560. The van der Waals surface area contributed by atoms with Crippen molar-refractivity contribution in [3.05, 3.63) is 22.5 Å². The average molecular weight is 182 g/mol. The summed E-state index contributed by atoms with van der Waals surface area (Å²) in [5.74, 6) is 0. The van der Waals surface area contributed by atoms with Gasteiger partial charge < -0.3 is 0 Å². The van der Waals surface area contributed by atoms with Gasteiger partial charge in [-0.15, -0.1) is 0 Å². The summed E-state index contributed by atoms with van der Waals surface area (Å²) in [6, 6.07) is 0. The van der Waals surface area contributed by atoms with Crippen LogP contribution in [0.4, 0.5) is 13.2 Å². The van der Waals surface area contributed by atoms with E-state index in [2.05, 4.69) is 0 Å². The molecule has 1 nitrogen and oxygen atoms in total. The van der Waals surface area contributed by atoms with Gasteiger partial charge in [-0.1, -0.05) is 6.08 Å². The first-order valence-electron chi connectivity index (χ1n) is 2.84. The Morgan fingerprint density at radius 3 is 2.45 bits per heavy atom. The minimum Gasteiger partial charge on any atom is -0.250 e. The van der Waals surface area contributed by atoms with Crippen LogP contribution < -0.4 is 0 Å². The molecular weight excluding hydrogens is 177 g/mol. The van der Waals surface area contributed by atoms with Crippen LogP contribution in [0.15, 0.2) is 22.5 Å². The Kier molecular flexibility index (Phi) is 2.17. The molecule has 0 aromatic carbocycles. The van der Waals surface area contributed by atoms with Crippen LogP contribution in [0.25, 0.3) is 0 Å². The van der Waals surface area contributed by atoms with Gasteiger partial charge in [-0.2, -0.15) is 13.2 Å². The summed E-state index contributed by atoms with van der Waals surface area (Å²) in [5.41, 5.74) is -0.724. The van der Waals surface area contributed by atoms with E-state index in [9.17, 15) is 17.4 Å². The molecule has 0 N–H and O–H groups in total. The molecule has 0 aromatic heterocycles. The molecule has 1 atom stereocenters. The van der Waals surface area contributed by atoms with Crippen LogP contribution in [0.3, 0.4) is 0 Å². The Morgan fingerprint density at radius 1 is 1.45 bits per heavy atom. The fourth-order valence-electron chi connectivity index (χ4n) is 0.680. The zero-order chi connectivity index (χ0) is 8.48. The summed E-state index contributed by atoms with van der Waals surface area (Å²) >= 11 is 0. The summed E-state index contributed by atoms with van der Waals surface area (Å²) in [4.78, 5) is 0. The Bertz CT molecular complexity index is 239. The van der Waals surface area contributed by atoms with Crippen LogP contribution >= 0.6 is 0 Å². The molecule has 0 saturated carbocycles. The highest BCUT2D eigenvalue weighted by molar-refractivity contribution is 7.90. The first-order valence-corrected chi connectivity index (χ1v) is 4.11. The minimum atomic E-state index is -4.33. The standard InChI is InChI=1S/C6H5F3OS/c7-6(8,9)5-2-1-3-11(10)4-5/h1,3-4H,2H2. The normalized spacial score (nSPS) is 25.0. The van der Waals surface area contributed by atoms with Crippen LogP contribution in [0.2, 0.25) is 0 Å². The maximum absolute atomic E-state index is 11.9. The topological polar surface area (TPSA) is 17.1 Å². The van der Waals surface area contributed by atoms with E-state index in [1.165, 1.54) is 11.5 Å². The molecule has 0 spiro atoms. The van der Waals surface area contributed by atoms with Crippen molar-refractivity contribution in [3.63, 3.8) is 0 Å². The van der Waals surface area contributed by atoms with Gasteiger partial charge in [0.2, 0.25) is 0 Å². The van der Waals surface area contributed by atoms with Crippen molar-refractivity contribution in [3.8, 4) is 0 Å². The molecule has 0 amide bonds. The lowest BCUT2D eigenvalue weighted by Gasteiger charge is -2.10. The molecule has 1 rings (SSSR count). The van der Waals surface area contributed by atoms with Crippen molar-refractivity contribution in [1.82, 2.24) is 0 Å². The second-order valence-corrected chi connectivity index (χ2v) is 3.21. The summed E-state index contributed by atoms with van der Waals surface area (Å²) in [6.07, 6.45) is -3.24. The predicted octanol–water partition coefficient (Wildman–Crippen LogP) is 2.10. The van der Waals surface area contributed by atoms with Crippen LogP contribution in [-0.4, -0.2) is 10.4 Å². The maximum atomic E-state index is 11.9. The average Bonchev–Trinajstić information content (AvgIpc) is 1.86. The SMILES string of the molecule is O=S1C=CCC(C(F)(F)F)=C1. The molecular formula is C6H5F3OS. The minimum absolute atomic E-state index is 0.171. The number of alkyl halides is 3. The Hall–Kier alpha value is -0.580. The first-order chi connectivity index (χ1) is 5.00. The van der Waals surface area contributed by atoms with Crippen LogP contribution in [-0.2, 0) is 10.8 Å². The predicted molar refractivity (Wildman–Crippen MR) is 36.0 cm³/mol. The fourth-order valence-corrected chi connectivity index (χ4v) is 1.55. The second kappa shape index (κ2) is 2.81. The van der Waals surface area contributed by atoms with Crippen LogP contribution in [0, 0.1) is 0 Å². The van der Waals surface area contributed by atoms with E-state index in [0.29, 0.717) is 0 Å². The van der Waals surface area contributed by atoms with Crippen molar-refractivity contribution in [1.29, 1.82) is 0 Å². The Balaban J connectivity index is 2.83. The monoisotopic (exact) mass is 182 g/mol. The summed E-state index contributed by atoms with van der Waals surface area (Å²) in [6.45, 7) is 0. The van der Waals surface area contributed by atoms with E-state index in [1.807, 2.05) is 0 Å². The summed E-state index contributed by atoms with van der Waals surface area (Å²) in [7, 11) is -1.58. The van der Waals surface area contributed by atoms with Gasteiger partial charge in [-0.25, -0.2) is 0 Å². The highest BCUT2D eigenvalue weighted by Crippen LogP contribution is 2.30. The number of halogens is 3. The number of allylic oxidation sites excluding steroid dienone is 2. The zero-order valence-corrected chi connectivity index (χ0v) is 6.21. The fraction of sp³-hybridized carbons (Fsp3) is 0.333. The lowest BCUT2D eigenvalue weighted by Crippen LogP contribution is -2.13. The molecule has 0 fully saturated rings. The third kappa shape index (κ3) is 2.18. The van der Waals surface area contributed by atoms with Gasteiger partial charge in [0.1, 0.15) is 0 Å². The van der Waals surface area contributed by atoms with Crippen molar-refractivity contribution in [2.75, 3.05) is 0 Å². The smallest absolute Gasteiger partial charge is 0.250 e. The Morgan fingerprint density at radius 2 is 2.09 bits per heavy atom. The molecule has 0 bridgehead atoms. The maximum Gasteiger partial charge on any atom is 0.413 e. The van der Waals surface area contributed by atoms with Gasteiger partial charge in [0.25, 0.3) is 0 Å². The molecule has 0 saturated heterocycles. The molecule has 0 aromatic rings. The zero-order valence-electron chi connectivity index (χ0n) is 5.39. The summed E-state index contributed by atoms with van der Waals surface area (Å²) < 4.78 is 46.2. The molecule has 11 heavy (non-hydrogen) atoms. The molecule has 0 radical (unpaired) electrons. The van der Waals surface area contributed by atoms with E-state index in [0.717, 1.165) is 5.41 Å². The van der Waals surface area contributed by atoms with Gasteiger partial charge in [0.15, 0.2) is 0 Å². The molecule has 1 aliphatic rings. The summed E-state index contributed by atoms with van der Waals surface area (Å²) in [5, 5.41) is 1.98. The van der Waals surface area contributed by atoms with Crippen molar-refractivity contribution in [2.24, 2.45) is 0 Å². The highest BCUT2D eigenvalue weighted by atomic mass is 32.2. The second-order valence-electron chi connectivity index (χ2n) is 2.05. The van der Waals surface area contributed by atoms with Gasteiger partial charge >= 0.3 is 6.18 Å². The van der Waals surface area contributed by atoms with E-state index >= 15 is 0 Å². The van der Waals surface area contributed by atoms with Gasteiger partial charge in [0, 0.05) is 16.4 Å². The van der Waals surface area contributed by atoms with Crippen LogP contribution in [0.1, 0.15) is 6.42 Å². The molecule has 62 valence electrons. The first kappa shape index (κ1) is 8.52. The number of hydrogen-bond acceptors (Lipinski definition) is 1.